The zero-order valence-corrected chi connectivity index (χ0v) is 11.6. The van der Waals surface area contributed by atoms with Crippen molar-refractivity contribution >= 4 is 35.3 Å². The number of thioether (sulfide) groups is 2. The second-order valence-corrected chi connectivity index (χ2v) is 6.14. The summed E-state index contributed by atoms with van der Waals surface area (Å²) in [6, 6.07) is 10.4. The third-order valence-corrected chi connectivity index (χ3v) is 5.30. The van der Waals surface area contributed by atoms with Gasteiger partial charge in [0.2, 0.25) is 0 Å². The molecule has 1 aromatic rings. The molecular weight excluding hydrogens is 268 g/mol. The summed E-state index contributed by atoms with van der Waals surface area (Å²) in [5, 5.41) is 6.20. The Kier molecular flexibility index (Phi) is 4.95. The van der Waals surface area contributed by atoms with Gasteiger partial charge in [-0.15, -0.1) is 23.5 Å². The van der Waals surface area contributed by atoms with Crippen LogP contribution in [0, 0.1) is 0 Å². The van der Waals surface area contributed by atoms with Gasteiger partial charge in [0, 0.05) is 18.6 Å². The molecule has 6 heteroatoms. The highest BCUT2D eigenvalue weighted by Crippen LogP contribution is 2.42. The Morgan fingerprint density at radius 2 is 2.00 bits per heavy atom. The number of carbonyl (C=O) groups excluding carboxylic acids is 1. The van der Waals surface area contributed by atoms with E-state index < -0.39 is 6.09 Å². The van der Waals surface area contributed by atoms with E-state index in [0.717, 1.165) is 17.2 Å². The molecular formula is C12H14N2O2S2. The molecule has 0 aromatic heterocycles. The molecule has 1 N–H and O–H groups in total. The smallest absolute Gasteiger partial charge is 0.323 e. The molecule has 0 unspecified atom stereocenters. The lowest BCUT2D eigenvalue weighted by atomic mass is 10.2. The van der Waals surface area contributed by atoms with Crippen molar-refractivity contribution in [2.24, 2.45) is 5.16 Å². The molecule has 1 amide bonds. The highest BCUT2D eigenvalue weighted by molar-refractivity contribution is 8.18. The Bertz CT molecular complexity index is 427. The predicted molar refractivity (Wildman–Crippen MR) is 77.1 cm³/mol. The van der Waals surface area contributed by atoms with Gasteiger partial charge < -0.3 is 5.32 Å². The molecule has 0 bridgehead atoms. The predicted octanol–water partition coefficient (Wildman–Crippen LogP) is 2.88. The number of hydrogen-bond acceptors (Lipinski definition) is 5. The van der Waals surface area contributed by atoms with Crippen LogP contribution in [-0.4, -0.2) is 30.4 Å². The second-order valence-electron chi connectivity index (χ2n) is 3.65. The van der Waals surface area contributed by atoms with Gasteiger partial charge in [0.15, 0.2) is 0 Å². The van der Waals surface area contributed by atoms with Crippen LogP contribution in [0.4, 0.5) is 4.79 Å². The molecule has 0 saturated carbocycles. The summed E-state index contributed by atoms with van der Waals surface area (Å²) in [5.41, 5.74) is 2.22. The quantitative estimate of drug-likeness (QED) is 0.669. The van der Waals surface area contributed by atoms with Gasteiger partial charge in [-0.25, -0.2) is 4.79 Å². The van der Waals surface area contributed by atoms with Gasteiger partial charge in [-0.1, -0.05) is 35.5 Å². The number of oxime groups is 1. The average molecular weight is 282 g/mol. The van der Waals surface area contributed by atoms with E-state index in [-0.39, 0.29) is 0 Å². The zero-order valence-electron chi connectivity index (χ0n) is 9.96. The van der Waals surface area contributed by atoms with Gasteiger partial charge in [-0.2, -0.15) is 0 Å². The number of rotatable bonds is 2. The molecule has 2 rings (SSSR count). The molecule has 4 nitrogen and oxygen atoms in total. The third kappa shape index (κ3) is 3.68. The maximum atomic E-state index is 10.9. The monoisotopic (exact) mass is 282 g/mol. The van der Waals surface area contributed by atoms with Crippen LogP contribution in [0.15, 0.2) is 35.5 Å². The lowest BCUT2D eigenvalue weighted by Gasteiger charge is -2.22. The molecule has 1 saturated heterocycles. The number of benzene rings is 1. The summed E-state index contributed by atoms with van der Waals surface area (Å²) < 4.78 is 0.435. The fourth-order valence-corrected chi connectivity index (χ4v) is 4.06. The van der Waals surface area contributed by atoms with Gasteiger partial charge in [0.05, 0.1) is 10.3 Å². The van der Waals surface area contributed by atoms with Crippen LogP contribution in [0.5, 0.6) is 0 Å². The van der Waals surface area contributed by atoms with Crippen LogP contribution >= 0.6 is 23.5 Å². The molecule has 96 valence electrons. The molecule has 1 aromatic carbocycles. The van der Waals surface area contributed by atoms with Crippen molar-refractivity contribution in [1.29, 1.82) is 0 Å². The Morgan fingerprint density at radius 3 is 2.61 bits per heavy atom. The lowest BCUT2D eigenvalue weighted by molar-refractivity contribution is 0.153. The summed E-state index contributed by atoms with van der Waals surface area (Å²) in [7, 11) is 1.51. The van der Waals surface area contributed by atoms with Gasteiger partial charge in [0.25, 0.3) is 0 Å². The van der Waals surface area contributed by atoms with Crippen LogP contribution in [0.2, 0.25) is 0 Å². The summed E-state index contributed by atoms with van der Waals surface area (Å²) in [6.07, 6.45) is -0.525. The molecule has 1 aliphatic heterocycles. The summed E-state index contributed by atoms with van der Waals surface area (Å²) in [4.78, 5) is 15.6. The first-order chi connectivity index (χ1) is 8.79. The van der Waals surface area contributed by atoms with E-state index in [1.54, 1.807) is 23.5 Å². The maximum absolute atomic E-state index is 10.9. The van der Waals surface area contributed by atoms with Crippen LogP contribution < -0.4 is 5.32 Å². The summed E-state index contributed by atoms with van der Waals surface area (Å²) in [5.74, 6) is 1.59. The number of hydrogen-bond donors (Lipinski definition) is 1. The second kappa shape index (κ2) is 6.70. The van der Waals surface area contributed by atoms with Gasteiger partial charge >= 0.3 is 6.09 Å². The fourth-order valence-electron chi connectivity index (χ4n) is 1.44. The van der Waals surface area contributed by atoms with Gasteiger partial charge in [-0.05, 0) is 5.56 Å². The van der Waals surface area contributed by atoms with Crippen molar-refractivity contribution in [2.75, 3.05) is 18.6 Å². The van der Waals surface area contributed by atoms with E-state index in [0.29, 0.717) is 4.58 Å². The Balaban J connectivity index is 1.87. The van der Waals surface area contributed by atoms with Crippen molar-refractivity contribution in [1.82, 2.24) is 5.32 Å². The zero-order chi connectivity index (χ0) is 12.8. The highest BCUT2D eigenvalue weighted by Gasteiger charge is 2.20. The maximum Gasteiger partial charge on any atom is 0.433 e. The Hall–Kier alpha value is -1.14. The van der Waals surface area contributed by atoms with E-state index >= 15 is 0 Å². The first-order valence-electron chi connectivity index (χ1n) is 5.52. The van der Waals surface area contributed by atoms with Crippen LogP contribution in [0.3, 0.4) is 0 Å². The molecule has 0 spiro atoms. The van der Waals surface area contributed by atoms with Crippen molar-refractivity contribution in [3.63, 3.8) is 0 Å². The first kappa shape index (κ1) is 13.3. The third-order valence-electron chi connectivity index (χ3n) is 2.34. The average Bonchev–Trinajstić information content (AvgIpc) is 2.46. The number of amides is 1. The molecule has 1 heterocycles. The SMILES string of the molecule is CNC(=O)ON=C1CSC(c2ccccc2)SC1. The van der Waals surface area contributed by atoms with Gasteiger partial charge in [0.1, 0.15) is 0 Å². The van der Waals surface area contributed by atoms with E-state index in [1.165, 1.54) is 12.6 Å². The first-order valence-corrected chi connectivity index (χ1v) is 7.62. The lowest BCUT2D eigenvalue weighted by Crippen LogP contribution is -2.20. The van der Waals surface area contributed by atoms with E-state index in [1.807, 2.05) is 6.07 Å². The van der Waals surface area contributed by atoms with Crippen LogP contribution in [0.1, 0.15) is 10.1 Å². The number of nitrogens with zero attached hydrogens (tertiary/aromatic N) is 1. The Morgan fingerprint density at radius 1 is 1.33 bits per heavy atom. The molecule has 0 aliphatic carbocycles. The van der Waals surface area contributed by atoms with E-state index in [4.69, 9.17) is 0 Å². The fraction of sp³-hybridized carbons (Fsp3) is 0.333. The minimum absolute atomic E-state index is 0.435. The van der Waals surface area contributed by atoms with Crippen molar-refractivity contribution in [3.05, 3.63) is 35.9 Å². The topological polar surface area (TPSA) is 50.7 Å². The standard InChI is InChI=1S/C12H14N2O2S2/c1-13-12(15)16-14-10-7-17-11(18-8-10)9-5-3-2-4-6-9/h2-6,11H,7-8H2,1H3,(H,13,15). The summed E-state index contributed by atoms with van der Waals surface area (Å²) in [6.45, 7) is 0. The molecule has 1 aliphatic rings. The minimum Gasteiger partial charge on any atom is -0.323 e. The van der Waals surface area contributed by atoms with E-state index in [2.05, 4.69) is 39.6 Å². The van der Waals surface area contributed by atoms with Crippen LogP contribution in [-0.2, 0) is 4.84 Å². The van der Waals surface area contributed by atoms with Gasteiger partial charge in [-0.3, -0.25) is 4.84 Å². The minimum atomic E-state index is -0.525. The number of nitrogens with one attached hydrogen (secondary N) is 1. The number of carbonyl (C=O) groups is 1. The highest BCUT2D eigenvalue weighted by atomic mass is 32.2. The molecule has 0 radical (unpaired) electrons. The molecule has 1 fully saturated rings. The Labute approximate surface area is 115 Å². The van der Waals surface area contributed by atoms with Crippen molar-refractivity contribution in [3.8, 4) is 0 Å². The van der Waals surface area contributed by atoms with Crippen molar-refractivity contribution in [2.45, 2.75) is 4.58 Å². The molecule has 0 atom stereocenters. The normalized spacial score (nSPS) is 19.2. The molecule has 18 heavy (non-hydrogen) atoms. The van der Waals surface area contributed by atoms with E-state index in [9.17, 15) is 4.79 Å². The largest absolute Gasteiger partial charge is 0.433 e. The van der Waals surface area contributed by atoms with Crippen LogP contribution in [0.25, 0.3) is 0 Å². The van der Waals surface area contributed by atoms with Crippen molar-refractivity contribution < 1.29 is 9.63 Å². The summed E-state index contributed by atoms with van der Waals surface area (Å²) >= 11 is 3.61.